The molecule has 0 aliphatic carbocycles. The first-order chi connectivity index (χ1) is 6.74. The number of hydrogen-bond donors (Lipinski definition) is 1. The van der Waals surface area contributed by atoms with E-state index in [1.165, 1.54) is 0 Å². The number of nitrogens with two attached hydrogens (primary N) is 1. The van der Waals surface area contributed by atoms with E-state index < -0.39 is 0 Å². The third-order valence-electron chi connectivity index (χ3n) is 1.64. The van der Waals surface area contributed by atoms with Gasteiger partial charge in [-0.05, 0) is 35.0 Å². The molecule has 0 fully saturated rings. The Bertz CT molecular complexity index is 291. The van der Waals surface area contributed by atoms with E-state index in [1.807, 2.05) is 19.1 Å². The zero-order valence-corrected chi connectivity index (χ0v) is 9.71. The highest BCUT2D eigenvalue weighted by Crippen LogP contribution is 2.26. The van der Waals surface area contributed by atoms with E-state index in [0.717, 1.165) is 10.2 Å². The van der Waals surface area contributed by atoms with Crippen molar-refractivity contribution in [2.75, 3.05) is 25.6 Å². The predicted octanol–water partition coefficient (Wildman–Crippen LogP) is 2.45. The molecular formula is C10H14BrNO2. The van der Waals surface area contributed by atoms with Crippen molar-refractivity contribution in [3.05, 3.63) is 22.7 Å². The second kappa shape index (κ2) is 5.88. The first kappa shape index (κ1) is 11.3. The van der Waals surface area contributed by atoms with Gasteiger partial charge in [0.05, 0.1) is 11.1 Å². The quantitative estimate of drug-likeness (QED) is 0.653. The third-order valence-corrected chi connectivity index (χ3v) is 2.30. The number of benzene rings is 1. The van der Waals surface area contributed by atoms with Crippen molar-refractivity contribution in [3.63, 3.8) is 0 Å². The predicted molar refractivity (Wildman–Crippen MR) is 60.5 cm³/mol. The maximum atomic E-state index is 5.63. The summed E-state index contributed by atoms with van der Waals surface area (Å²) in [6, 6.07) is 5.47. The van der Waals surface area contributed by atoms with E-state index in [4.69, 9.17) is 15.2 Å². The minimum Gasteiger partial charge on any atom is -0.490 e. The number of halogens is 1. The molecule has 0 spiro atoms. The summed E-state index contributed by atoms with van der Waals surface area (Å²) < 4.78 is 11.5. The van der Waals surface area contributed by atoms with Gasteiger partial charge in [0.25, 0.3) is 0 Å². The smallest absolute Gasteiger partial charge is 0.135 e. The lowest BCUT2D eigenvalue weighted by Crippen LogP contribution is -2.06. The normalized spacial score (nSPS) is 10.1. The van der Waals surface area contributed by atoms with Gasteiger partial charge in [-0.15, -0.1) is 0 Å². The Labute approximate surface area is 92.3 Å². The summed E-state index contributed by atoms with van der Waals surface area (Å²) in [5, 5.41) is 0. The second-order valence-electron chi connectivity index (χ2n) is 2.74. The first-order valence-corrected chi connectivity index (χ1v) is 5.29. The van der Waals surface area contributed by atoms with Crippen LogP contribution in [0.25, 0.3) is 0 Å². The molecule has 0 aromatic heterocycles. The van der Waals surface area contributed by atoms with Crippen molar-refractivity contribution in [1.82, 2.24) is 0 Å². The van der Waals surface area contributed by atoms with E-state index in [1.54, 1.807) is 6.07 Å². The fourth-order valence-electron chi connectivity index (χ4n) is 0.985. The Kier molecular flexibility index (Phi) is 4.76. The molecule has 14 heavy (non-hydrogen) atoms. The molecule has 0 atom stereocenters. The van der Waals surface area contributed by atoms with Gasteiger partial charge >= 0.3 is 0 Å². The van der Waals surface area contributed by atoms with Gasteiger partial charge < -0.3 is 15.2 Å². The highest BCUT2D eigenvalue weighted by atomic mass is 79.9. The number of hydrogen-bond acceptors (Lipinski definition) is 3. The zero-order valence-electron chi connectivity index (χ0n) is 8.13. The van der Waals surface area contributed by atoms with Crippen LogP contribution in [0.15, 0.2) is 22.7 Å². The average molecular weight is 260 g/mol. The Morgan fingerprint density at radius 2 is 2.14 bits per heavy atom. The molecule has 0 heterocycles. The van der Waals surface area contributed by atoms with Crippen molar-refractivity contribution < 1.29 is 9.47 Å². The van der Waals surface area contributed by atoms with Gasteiger partial charge in [0, 0.05) is 18.4 Å². The van der Waals surface area contributed by atoms with Crippen molar-refractivity contribution in [2.24, 2.45) is 0 Å². The Balaban J connectivity index is 2.45. The van der Waals surface area contributed by atoms with Gasteiger partial charge in [0.15, 0.2) is 0 Å². The largest absolute Gasteiger partial charge is 0.490 e. The molecule has 3 nitrogen and oxygen atoms in total. The molecule has 0 unspecified atom stereocenters. The SMILES string of the molecule is CCOCCOc1cc(N)ccc1Br. The molecule has 2 N–H and O–H groups in total. The Morgan fingerprint density at radius 3 is 2.86 bits per heavy atom. The number of nitrogen functional groups attached to an aromatic ring is 1. The molecular weight excluding hydrogens is 246 g/mol. The number of ether oxygens (including phenoxy) is 2. The topological polar surface area (TPSA) is 44.5 Å². The molecule has 4 heteroatoms. The standard InChI is InChI=1S/C10H14BrNO2/c1-2-13-5-6-14-10-7-8(12)3-4-9(10)11/h3-4,7H,2,5-6,12H2,1H3. The summed E-state index contributed by atoms with van der Waals surface area (Å²) >= 11 is 3.38. The molecule has 0 radical (unpaired) electrons. The second-order valence-corrected chi connectivity index (χ2v) is 3.59. The van der Waals surface area contributed by atoms with Crippen LogP contribution in [0.3, 0.4) is 0 Å². The van der Waals surface area contributed by atoms with Gasteiger partial charge in [-0.1, -0.05) is 0 Å². The molecule has 0 aliphatic heterocycles. The van der Waals surface area contributed by atoms with Crippen LogP contribution in [0, 0.1) is 0 Å². The molecule has 78 valence electrons. The van der Waals surface area contributed by atoms with Gasteiger partial charge in [-0.3, -0.25) is 0 Å². The van der Waals surface area contributed by atoms with Crippen LogP contribution >= 0.6 is 15.9 Å². The maximum absolute atomic E-state index is 5.63. The fourth-order valence-corrected chi connectivity index (χ4v) is 1.35. The molecule has 0 saturated carbocycles. The fraction of sp³-hybridized carbons (Fsp3) is 0.400. The van der Waals surface area contributed by atoms with E-state index in [9.17, 15) is 0 Å². The van der Waals surface area contributed by atoms with E-state index in [2.05, 4.69) is 15.9 Å². The molecule has 0 aliphatic rings. The molecule has 0 saturated heterocycles. The highest BCUT2D eigenvalue weighted by Gasteiger charge is 2.00. The lowest BCUT2D eigenvalue weighted by atomic mass is 10.3. The minimum absolute atomic E-state index is 0.538. The molecule has 0 amide bonds. The average Bonchev–Trinajstić information content (AvgIpc) is 2.18. The minimum atomic E-state index is 0.538. The van der Waals surface area contributed by atoms with Crippen molar-refractivity contribution in [3.8, 4) is 5.75 Å². The summed E-state index contributed by atoms with van der Waals surface area (Å²) in [4.78, 5) is 0. The van der Waals surface area contributed by atoms with Crippen LogP contribution in [0.4, 0.5) is 5.69 Å². The molecule has 0 bridgehead atoms. The van der Waals surface area contributed by atoms with Crippen LogP contribution < -0.4 is 10.5 Å². The lowest BCUT2D eigenvalue weighted by molar-refractivity contribution is 0.110. The number of rotatable bonds is 5. The summed E-state index contributed by atoms with van der Waals surface area (Å²) in [5.74, 6) is 0.754. The monoisotopic (exact) mass is 259 g/mol. The third kappa shape index (κ3) is 3.55. The molecule has 1 aromatic carbocycles. The zero-order chi connectivity index (χ0) is 10.4. The van der Waals surface area contributed by atoms with Gasteiger partial charge in [-0.2, -0.15) is 0 Å². The van der Waals surface area contributed by atoms with Gasteiger partial charge in [0.2, 0.25) is 0 Å². The lowest BCUT2D eigenvalue weighted by Gasteiger charge is -2.08. The van der Waals surface area contributed by atoms with Crippen LogP contribution in [-0.2, 0) is 4.74 Å². The molecule has 1 aromatic rings. The van der Waals surface area contributed by atoms with E-state index in [0.29, 0.717) is 25.5 Å². The van der Waals surface area contributed by atoms with Crippen LogP contribution in [0.2, 0.25) is 0 Å². The van der Waals surface area contributed by atoms with Gasteiger partial charge in [-0.25, -0.2) is 0 Å². The Hall–Kier alpha value is -0.740. The van der Waals surface area contributed by atoms with Crippen LogP contribution in [0.5, 0.6) is 5.75 Å². The number of anilines is 1. The maximum Gasteiger partial charge on any atom is 0.135 e. The van der Waals surface area contributed by atoms with E-state index >= 15 is 0 Å². The van der Waals surface area contributed by atoms with Crippen molar-refractivity contribution >= 4 is 21.6 Å². The summed E-state index contributed by atoms with van der Waals surface area (Å²) in [5.41, 5.74) is 6.32. The Morgan fingerprint density at radius 1 is 1.36 bits per heavy atom. The highest BCUT2D eigenvalue weighted by molar-refractivity contribution is 9.10. The van der Waals surface area contributed by atoms with Crippen molar-refractivity contribution in [1.29, 1.82) is 0 Å². The first-order valence-electron chi connectivity index (χ1n) is 4.49. The van der Waals surface area contributed by atoms with Crippen LogP contribution in [-0.4, -0.2) is 19.8 Å². The summed E-state index contributed by atoms with van der Waals surface area (Å²) in [6.07, 6.45) is 0. The molecule has 1 rings (SSSR count). The van der Waals surface area contributed by atoms with Gasteiger partial charge in [0.1, 0.15) is 12.4 Å². The van der Waals surface area contributed by atoms with E-state index in [-0.39, 0.29) is 0 Å². The summed E-state index contributed by atoms with van der Waals surface area (Å²) in [7, 11) is 0. The van der Waals surface area contributed by atoms with Crippen molar-refractivity contribution in [2.45, 2.75) is 6.92 Å². The van der Waals surface area contributed by atoms with Crippen LogP contribution in [0.1, 0.15) is 6.92 Å². The summed E-state index contributed by atoms with van der Waals surface area (Å²) in [6.45, 7) is 3.80.